The number of fused-ring (bicyclic) bond motifs is 1. The second kappa shape index (κ2) is 8.91. The Labute approximate surface area is 201 Å². The first-order valence-corrected chi connectivity index (χ1v) is 13.0. The maximum Gasteiger partial charge on any atom is 0.256 e. The van der Waals surface area contributed by atoms with Gasteiger partial charge in [0.2, 0.25) is 11.8 Å². The molecule has 1 heterocycles. The molecule has 180 valence electrons. The van der Waals surface area contributed by atoms with Crippen LogP contribution in [0.25, 0.3) is 11.1 Å². The summed E-state index contributed by atoms with van der Waals surface area (Å²) in [5.74, 6) is 0.0866. The van der Waals surface area contributed by atoms with Crippen molar-refractivity contribution in [1.29, 1.82) is 0 Å². The van der Waals surface area contributed by atoms with Crippen molar-refractivity contribution in [3.8, 4) is 11.1 Å². The SMILES string of the molecule is C=CS(=O)(=O)N(C)c1cc(-c2ccc3c(c2)N(C(=O)C2CCC2)CC(C)N3C(C)=O)ccc1C. The number of amides is 2. The van der Waals surface area contributed by atoms with Crippen LogP contribution in [0.4, 0.5) is 17.1 Å². The molecule has 4 rings (SSSR count). The number of benzene rings is 2. The molecule has 8 heteroatoms. The average molecular weight is 482 g/mol. The highest BCUT2D eigenvalue weighted by atomic mass is 32.2. The smallest absolute Gasteiger partial charge is 0.256 e. The largest absolute Gasteiger partial charge is 0.308 e. The first kappa shape index (κ1) is 24.0. The molecule has 0 bridgehead atoms. The summed E-state index contributed by atoms with van der Waals surface area (Å²) >= 11 is 0. The first-order valence-electron chi connectivity index (χ1n) is 11.5. The molecule has 0 spiro atoms. The van der Waals surface area contributed by atoms with Crippen LogP contribution in [0.5, 0.6) is 0 Å². The predicted octanol–water partition coefficient (Wildman–Crippen LogP) is 4.46. The summed E-state index contributed by atoms with van der Waals surface area (Å²) in [5.41, 5.74) is 4.47. The minimum Gasteiger partial charge on any atom is -0.308 e. The lowest BCUT2D eigenvalue weighted by atomic mass is 9.84. The fourth-order valence-electron chi connectivity index (χ4n) is 4.75. The first-order chi connectivity index (χ1) is 16.0. The molecule has 2 amide bonds. The Morgan fingerprint density at radius 3 is 2.32 bits per heavy atom. The third kappa shape index (κ3) is 4.11. The van der Waals surface area contributed by atoms with Crippen molar-refractivity contribution in [2.24, 2.45) is 5.92 Å². The number of nitrogens with zero attached hydrogens (tertiary/aromatic N) is 3. The van der Waals surface area contributed by atoms with E-state index in [2.05, 4.69) is 6.58 Å². The molecule has 1 fully saturated rings. The van der Waals surface area contributed by atoms with E-state index in [1.165, 1.54) is 11.4 Å². The molecular weight excluding hydrogens is 450 g/mol. The summed E-state index contributed by atoms with van der Waals surface area (Å²) in [7, 11) is -2.13. The third-order valence-electron chi connectivity index (χ3n) is 6.95. The molecule has 1 aliphatic heterocycles. The van der Waals surface area contributed by atoms with E-state index >= 15 is 0 Å². The molecule has 0 N–H and O–H groups in total. The van der Waals surface area contributed by atoms with Gasteiger partial charge in [-0.3, -0.25) is 13.9 Å². The van der Waals surface area contributed by atoms with E-state index in [9.17, 15) is 18.0 Å². The van der Waals surface area contributed by atoms with Gasteiger partial charge in [0.1, 0.15) is 0 Å². The van der Waals surface area contributed by atoms with Crippen LogP contribution in [0.2, 0.25) is 0 Å². The molecule has 7 nitrogen and oxygen atoms in total. The Hall–Kier alpha value is -3.13. The summed E-state index contributed by atoms with van der Waals surface area (Å²) in [4.78, 5) is 29.3. The summed E-state index contributed by atoms with van der Waals surface area (Å²) in [5, 5.41) is 0.930. The van der Waals surface area contributed by atoms with Crippen molar-refractivity contribution in [2.45, 2.75) is 46.1 Å². The van der Waals surface area contributed by atoms with Crippen molar-refractivity contribution in [1.82, 2.24) is 0 Å². The van der Waals surface area contributed by atoms with Gasteiger partial charge in [-0.25, -0.2) is 8.42 Å². The van der Waals surface area contributed by atoms with Gasteiger partial charge in [0, 0.05) is 31.8 Å². The molecule has 2 aromatic rings. The van der Waals surface area contributed by atoms with Gasteiger partial charge >= 0.3 is 0 Å². The molecular formula is C26H31N3O4S. The van der Waals surface area contributed by atoms with Crippen LogP contribution in [-0.4, -0.2) is 39.9 Å². The molecule has 1 saturated carbocycles. The van der Waals surface area contributed by atoms with Crippen LogP contribution in [0.15, 0.2) is 48.4 Å². The fraction of sp³-hybridized carbons (Fsp3) is 0.385. The summed E-state index contributed by atoms with van der Waals surface area (Å²) < 4.78 is 25.9. The summed E-state index contributed by atoms with van der Waals surface area (Å²) in [6.45, 7) is 9.22. The molecule has 0 aromatic heterocycles. The highest BCUT2D eigenvalue weighted by Gasteiger charge is 2.37. The number of hydrogen-bond acceptors (Lipinski definition) is 4. The van der Waals surface area contributed by atoms with Crippen molar-refractivity contribution < 1.29 is 18.0 Å². The van der Waals surface area contributed by atoms with E-state index in [-0.39, 0.29) is 23.8 Å². The van der Waals surface area contributed by atoms with E-state index < -0.39 is 10.0 Å². The Morgan fingerprint density at radius 2 is 1.74 bits per heavy atom. The van der Waals surface area contributed by atoms with E-state index in [1.807, 2.05) is 55.1 Å². The number of rotatable bonds is 5. The molecule has 1 aliphatic carbocycles. The van der Waals surface area contributed by atoms with Crippen LogP contribution in [0, 0.1) is 12.8 Å². The number of hydrogen-bond donors (Lipinski definition) is 0. The van der Waals surface area contributed by atoms with Gasteiger partial charge in [0.05, 0.1) is 23.1 Å². The van der Waals surface area contributed by atoms with Gasteiger partial charge in [-0.05, 0) is 61.6 Å². The van der Waals surface area contributed by atoms with E-state index in [1.54, 1.807) is 11.8 Å². The van der Waals surface area contributed by atoms with E-state index in [0.29, 0.717) is 12.2 Å². The van der Waals surface area contributed by atoms with Crippen molar-refractivity contribution in [2.75, 3.05) is 27.7 Å². The van der Waals surface area contributed by atoms with Crippen molar-refractivity contribution in [3.05, 3.63) is 53.9 Å². The molecule has 34 heavy (non-hydrogen) atoms. The quantitative estimate of drug-likeness (QED) is 0.632. The molecule has 1 atom stereocenters. The second-order valence-corrected chi connectivity index (χ2v) is 11.1. The lowest BCUT2D eigenvalue weighted by Crippen LogP contribution is -2.53. The standard InChI is InChI=1S/C26H31N3O4S/c1-6-34(32,33)27(5)24-14-21(11-10-17(24)2)22-12-13-23-25(15-22)28(26(31)20-8-7-9-20)16-18(3)29(23)19(4)30/h6,10-15,18,20H,1,7-9,16H2,2-5H3. The minimum absolute atomic E-state index is 0.0383. The monoisotopic (exact) mass is 481 g/mol. The molecule has 0 radical (unpaired) electrons. The zero-order valence-corrected chi connectivity index (χ0v) is 20.9. The minimum atomic E-state index is -3.64. The van der Waals surface area contributed by atoms with E-state index in [0.717, 1.165) is 52.7 Å². The lowest BCUT2D eigenvalue weighted by Gasteiger charge is -2.43. The van der Waals surface area contributed by atoms with Gasteiger partial charge in [-0.1, -0.05) is 31.2 Å². The summed E-state index contributed by atoms with van der Waals surface area (Å²) in [6.07, 6.45) is 2.88. The average Bonchev–Trinajstić information content (AvgIpc) is 2.76. The fourth-order valence-corrected chi connectivity index (χ4v) is 5.44. The van der Waals surface area contributed by atoms with Gasteiger partial charge in [0.15, 0.2) is 0 Å². The zero-order chi connectivity index (χ0) is 24.8. The summed E-state index contributed by atoms with van der Waals surface area (Å²) in [6, 6.07) is 11.2. The number of aryl methyl sites for hydroxylation is 1. The second-order valence-electron chi connectivity index (χ2n) is 9.20. The molecule has 2 aliphatic rings. The van der Waals surface area contributed by atoms with Gasteiger partial charge < -0.3 is 9.80 Å². The molecule has 1 unspecified atom stereocenters. The number of sulfonamides is 1. The predicted molar refractivity (Wildman–Crippen MR) is 136 cm³/mol. The van der Waals surface area contributed by atoms with E-state index in [4.69, 9.17) is 0 Å². The van der Waals surface area contributed by atoms with Crippen LogP contribution in [-0.2, 0) is 19.6 Å². The highest BCUT2D eigenvalue weighted by molar-refractivity contribution is 7.95. The Morgan fingerprint density at radius 1 is 1.09 bits per heavy atom. The Kier molecular flexibility index (Phi) is 6.29. The zero-order valence-electron chi connectivity index (χ0n) is 20.1. The normalized spacial score (nSPS) is 18.2. The Balaban J connectivity index is 1.81. The van der Waals surface area contributed by atoms with Gasteiger partial charge in [0.25, 0.3) is 10.0 Å². The van der Waals surface area contributed by atoms with Crippen LogP contribution >= 0.6 is 0 Å². The third-order valence-corrected chi connectivity index (χ3v) is 8.33. The molecule has 2 aromatic carbocycles. The topological polar surface area (TPSA) is 78.0 Å². The van der Waals surface area contributed by atoms with Gasteiger partial charge in [-0.15, -0.1) is 0 Å². The van der Waals surface area contributed by atoms with Crippen LogP contribution in [0.3, 0.4) is 0 Å². The van der Waals surface area contributed by atoms with Crippen LogP contribution < -0.4 is 14.1 Å². The van der Waals surface area contributed by atoms with Gasteiger partial charge in [-0.2, -0.15) is 0 Å². The van der Waals surface area contributed by atoms with Crippen molar-refractivity contribution in [3.63, 3.8) is 0 Å². The van der Waals surface area contributed by atoms with Crippen molar-refractivity contribution >= 4 is 38.9 Å². The van der Waals surface area contributed by atoms with Crippen LogP contribution in [0.1, 0.15) is 38.7 Å². The number of carbonyl (C=O) groups excluding carboxylic acids is 2. The highest BCUT2D eigenvalue weighted by Crippen LogP contribution is 2.41. The Bertz CT molecular complexity index is 1270. The maximum absolute atomic E-state index is 13.3. The number of anilines is 3. The maximum atomic E-state index is 13.3. The molecule has 0 saturated heterocycles. The number of carbonyl (C=O) groups is 2. The lowest BCUT2D eigenvalue weighted by molar-refractivity contribution is -0.125.